The predicted octanol–water partition coefficient (Wildman–Crippen LogP) is 1.23. The Bertz CT molecular complexity index is 660. The van der Waals surface area contributed by atoms with Gasteiger partial charge in [-0.1, -0.05) is 0 Å². The summed E-state index contributed by atoms with van der Waals surface area (Å²) >= 11 is 2.97. The van der Waals surface area contributed by atoms with Crippen molar-refractivity contribution < 1.29 is 12.8 Å². The third-order valence-electron chi connectivity index (χ3n) is 2.32. The van der Waals surface area contributed by atoms with E-state index in [9.17, 15) is 12.8 Å². The molecule has 0 saturated heterocycles. The average Bonchev–Trinajstić information content (AvgIpc) is 2.85. The van der Waals surface area contributed by atoms with Crippen LogP contribution in [0, 0.1) is 5.82 Å². The number of benzene rings is 1. The molecule has 0 atom stereocenters. The number of rotatable bonds is 5. The molecule has 1 heterocycles. The number of H-pyrrole nitrogens is 1. The molecule has 9 heteroatoms. The van der Waals surface area contributed by atoms with Gasteiger partial charge in [-0.25, -0.2) is 22.5 Å². The second-order valence-corrected chi connectivity index (χ2v) is 6.28. The minimum absolute atomic E-state index is 0.120. The maximum Gasteiger partial charge on any atom is 0.240 e. The number of nitrogens with zero attached hydrogens (tertiary/aromatic N) is 2. The average molecular weight is 349 g/mol. The fourth-order valence-corrected chi connectivity index (χ4v) is 2.67. The molecule has 0 aliphatic heterocycles. The largest absolute Gasteiger partial charge is 0.263 e. The molecule has 6 nitrogen and oxygen atoms in total. The van der Waals surface area contributed by atoms with Crippen LogP contribution < -0.4 is 4.72 Å². The summed E-state index contributed by atoms with van der Waals surface area (Å²) in [6.07, 6.45) is 1.71. The van der Waals surface area contributed by atoms with Gasteiger partial charge in [0.2, 0.25) is 10.0 Å². The minimum atomic E-state index is -3.73. The Morgan fingerprint density at radius 2 is 2.21 bits per heavy atom. The predicted molar refractivity (Wildman–Crippen MR) is 69.4 cm³/mol. The lowest BCUT2D eigenvalue weighted by Crippen LogP contribution is -2.26. The van der Waals surface area contributed by atoms with E-state index in [1.165, 1.54) is 18.5 Å². The van der Waals surface area contributed by atoms with Crippen LogP contribution in [0.1, 0.15) is 5.82 Å². The summed E-state index contributed by atoms with van der Waals surface area (Å²) in [6.45, 7) is 0.148. The highest BCUT2D eigenvalue weighted by Crippen LogP contribution is 2.19. The van der Waals surface area contributed by atoms with Gasteiger partial charge in [-0.3, -0.25) is 5.10 Å². The van der Waals surface area contributed by atoms with Crippen molar-refractivity contribution in [3.8, 4) is 0 Å². The first-order chi connectivity index (χ1) is 8.99. The summed E-state index contributed by atoms with van der Waals surface area (Å²) in [5, 5.41) is 6.27. The molecule has 0 spiro atoms. The van der Waals surface area contributed by atoms with Crippen molar-refractivity contribution in [3.63, 3.8) is 0 Å². The topological polar surface area (TPSA) is 87.7 Å². The van der Waals surface area contributed by atoms with Crippen LogP contribution in [-0.4, -0.2) is 30.1 Å². The van der Waals surface area contributed by atoms with Crippen LogP contribution in [0.4, 0.5) is 4.39 Å². The summed E-state index contributed by atoms with van der Waals surface area (Å²) in [6, 6.07) is 3.63. The number of nitrogens with one attached hydrogen (secondary N) is 2. The van der Waals surface area contributed by atoms with Crippen molar-refractivity contribution in [2.45, 2.75) is 11.3 Å². The van der Waals surface area contributed by atoms with Crippen molar-refractivity contribution in [2.24, 2.45) is 0 Å². The maximum atomic E-state index is 13.3. The van der Waals surface area contributed by atoms with Crippen LogP contribution in [0.3, 0.4) is 0 Å². The zero-order chi connectivity index (χ0) is 13.9. The number of hydrogen-bond donors (Lipinski definition) is 2. The molecule has 0 amide bonds. The van der Waals surface area contributed by atoms with Crippen LogP contribution >= 0.6 is 15.9 Å². The Morgan fingerprint density at radius 1 is 1.42 bits per heavy atom. The van der Waals surface area contributed by atoms with Gasteiger partial charge in [0.1, 0.15) is 18.0 Å². The van der Waals surface area contributed by atoms with E-state index in [0.29, 0.717) is 12.2 Å². The highest BCUT2D eigenvalue weighted by Gasteiger charge is 2.15. The van der Waals surface area contributed by atoms with Crippen molar-refractivity contribution in [3.05, 3.63) is 40.6 Å². The Labute approximate surface area is 117 Å². The molecule has 2 rings (SSSR count). The summed E-state index contributed by atoms with van der Waals surface area (Å²) in [5.41, 5.74) is 0. The van der Waals surface area contributed by atoms with Gasteiger partial charge in [0, 0.05) is 13.0 Å². The third kappa shape index (κ3) is 3.58. The molecule has 19 heavy (non-hydrogen) atoms. The smallest absolute Gasteiger partial charge is 0.240 e. The number of halogens is 2. The molecule has 0 fully saturated rings. The van der Waals surface area contributed by atoms with E-state index in [0.717, 1.165) is 6.07 Å². The molecule has 1 aromatic heterocycles. The standard InChI is InChI=1S/C10H10BrFN4O2S/c11-8-2-1-7(5-9(8)12)19(17,18)15-4-3-10-13-6-14-16-10/h1-2,5-6,15H,3-4H2,(H,13,14,16). The molecule has 0 aliphatic carbocycles. The monoisotopic (exact) mass is 348 g/mol. The third-order valence-corrected chi connectivity index (χ3v) is 4.42. The van der Waals surface area contributed by atoms with Gasteiger partial charge in [0.25, 0.3) is 0 Å². The molecule has 2 N–H and O–H groups in total. The van der Waals surface area contributed by atoms with E-state index in [-0.39, 0.29) is 15.9 Å². The van der Waals surface area contributed by atoms with Gasteiger partial charge in [0.05, 0.1) is 9.37 Å². The van der Waals surface area contributed by atoms with Crippen LogP contribution in [0.25, 0.3) is 0 Å². The van der Waals surface area contributed by atoms with E-state index in [2.05, 4.69) is 35.8 Å². The fraction of sp³-hybridized carbons (Fsp3) is 0.200. The number of aromatic amines is 1. The van der Waals surface area contributed by atoms with E-state index < -0.39 is 15.8 Å². The van der Waals surface area contributed by atoms with Gasteiger partial charge < -0.3 is 0 Å². The van der Waals surface area contributed by atoms with E-state index >= 15 is 0 Å². The van der Waals surface area contributed by atoms with Gasteiger partial charge in [-0.15, -0.1) is 0 Å². The summed E-state index contributed by atoms with van der Waals surface area (Å²) in [4.78, 5) is 3.75. The van der Waals surface area contributed by atoms with Crippen LogP contribution in [0.2, 0.25) is 0 Å². The highest BCUT2D eigenvalue weighted by molar-refractivity contribution is 9.10. The fourth-order valence-electron chi connectivity index (χ4n) is 1.38. The molecule has 0 bridgehead atoms. The SMILES string of the molecule is O=S(=O)(NCCc1ncn[nH]1)c1ccc(Br)c(F)c1. The lowest BCUT2D eigenvalue weighted by Gasteiger charge is -2.06. The Morgan fingerprint density at radius 3 is 2.84 bits per heavy atom. The first kappa shape index (κ1) is 14.1. The van der Waals surface area contributed by atoms with Crippen LogP contribution in [0.15, 0.2) is 33.9 Å². The molecule has 1 aromatic carbocycles. The Balaban J connectivity index is 2.03. The van der Waals surface area contributed by atoms with E-state index in [4.69, 9.17) is 0 Å². The number of sulfonamides is 1. The van der Waals surface area contributed by atoms with Crippen molar-refractivity contribution in [1.82, 2.24) is 19.9 Å². The van der Waals surface area contributed by atoms with Crippen LogP contribution in [0.5, 0.6) is 0 Å². The Kier molecular flexibility index (Phi) is 4.27. The normalized spacial score (nSPS) is 11.7. The molecule has 0 saturated carbocycles. The van der Waals surface area contributed by atoms with Crippen LogP contribution in [-0.2, 0) is 16.4 Å². The molecule has 2 aromatic rings. The van der Waals surface area contributed by atoms with Gasteiger partial charge in [-0.05, 0) is 34.1 Å². The summed E-state index contributed by atoms with van der Waals surface area (Å²) < 4.78 is 39.6. The minimum Gasteiger partial charge on any atom is -0.263 e. The zero-order valence-electron chi connectivity index (χ0n) is 9.60. The first-order valence-corrected chi connectivity index (χ1v) is 7.55. The summed E-state index contributed by atoms with van der Waals surface area (Å²) in [5.74, 6) is -0.0530. The van der Waals surface area contributed by atoms with Crippen molar-refractivity contribution >= 4 is 26.0 Å². The molecule has 0 radical (unpaired) electrons. The molecule has 0 unspecified atom stereocenters. The molecular formula is C10H10BrFN4O2S. The molecule has 0 aliphatic rings. The first-order valence-electron chi connectivity index (χ1n) is 5.28. The number of hydrogen-bond acceptors (Lipinski definition) is 4. The van der Waals surface area contributed by atoms with Crippen molar-refractivity contribution in [2.75, 3.05) is 6.54 Å². The van der Waals surface area contributed by atoms with E-state index in [1.54, 1.807) is 0 Å². The quantitative estimate of drug-likeness (QED) is 0.850. The molecular weight excluding hydrogens is 339 g/mol. The van der Waals surface area contributed by atoms with Gasteiger partial charge in [-0.2, -0.15) is 5.10 Å². The Hall–Kier alpha value is -1.32. The molecule has 102 valence electrons. The van der Waals surface area contributed by atoms with Gasteiger partial charge >= 0.3 is 0 Å². The second-order valence-electron chi connectivity index (χ2n) is 3.66. The van der Waals surface area contributed by atoms with Gasteiger partial charge in [0.15, 0.2) is 0 Å². The summed E-state index contributed by atoms with van der Waals surface area (Å²) in [7, 11) is -3.73. The van der Waals surface area contributed by atoms with Crippen molar-refractivity contribution in [1.29, 1.82) is 0 Å². The zero-order valence-corrected chi connectivity index (χ0v) is 12.0. The second kappa shape index (κ2) is 5.76. The lowest BCUT2D eigenvalue weighted by molar-refractivity contribution is 0.576. The van der Waals surface area contributed by atoms with E-state index in [1.807, 2.05) is 0 Å². The number of aromatic nitrogens is 3. The highest BCUT2D eigenvalue weighted by atomic mass is 79.9. The lowest BCUT2D eigenvalue weighted by atomic mass is 10.3. The maximum absolute atomic E-state index is 13.3.